The number of carbonyl (C=O) groups is 2. The van der Waals surface area contributed by atoms with Crippen LogP contribution in [0, 0.1) is 6.92 Å². The van der Waals surface area contributed by atoms with Gasteiger partial charge < -0.3 is 15.5 Å². The first-order valence-corrected chi connectivity index (χ1v) is 9.48. The van der Waals surface area contributed by atoms with E-state index in [1.54, 1.807) is 0 Å². The predicted molar refractivity (Wildman–Crippen MR) is 94.2 cm³/mol. The lowest BCUT2D eigenvalue weighted by Gasteiger charge is -2.34. The molecule has 2 aliphatic rings. The Bertz CT molecular complexity index is 845. The van der Waals surface area contributed by atoms with Gasteiger partial charge in [-0.15, -0.1) is 0 Å². The fraction of sp³-hybridized carbons (Fsp3) is 0.667. The number of piperidine rings is 1. The van der Waals surface area contributed by atoms with E-state index in [0.29, 0.717) is 0 Å². The van der Waals surface area contributed by atoms with Crippen LogP contribution in [0.4, 0.5) is 22.0 Å². The molecule has 0 saturated carbocycles. The molecule has 3 rings (SSSR count). The molecule has 2 aliphatic heterocycles. The number of nitrogens with zero attached hydrogens (tertiary/aromatic N) is 4. The second kappa shape index (κ2) is 8.05. The maximum Gasteiger partial charge on any atom is 0.433 e. The van der Waals surface area contributed by atoms with E-state index in [4.69, 9.17) is 5.73 Å². The largest absolute Gasteiger partial charge is 0.433 e. The molecule has 12 heteroatoms. The third kappa shape index (κ3) is 5.02. The Morgan fingerprint density at radius 2 is 1.97 bits per heavy atom. The maximum absolute atomic E-state index is 13.5. The van der Waals surface area contributed by atoms with Gasteiger partial charge in [-0.2, -0.15) is 13.2 Å². The summed E-state index contributed by atoms with van der Waals surface area (Å²) >= 11 is 0. The molecule has 0 aromatic carbocycles. The van der Waals surface area contributed by atoms with Gasteiger partial charge in [-0.1, -0.05) is 0 Å². The second-order valence-corrected chi connectivity index (χ2v) is 7.70. The molecule has 0 spiro atoms. The molecule has 1 aromatic heterocycles. The summed E-state index contributed by atoms with van der Waals surface area (Å²) in [6.45, 7) is 0.339. The lowest BCUT2D eigenvalue weighted by Crippen LogP contribution is -2.51. The van der Waals surface area contributed by atoms with Crippen molar-refractivity contribution in [1.29, 1.82) is 0 Å². The van der Waals surface area contributed by atoms with E-state index in [0.717, 1.165) is 4.90 Å². The Kier molecular flexibility index (Phi) is 5.99. The molecule has 2 amide bonds. The van der Waals surface area contributed by atoms with Gasteiger partial charge in [0.05, 0.1) is 18.8 Å². The average molecular weight is 435 g/mol. The van der Waals surface area contributed by atoms with E-state index >= 15 is 0 Å². The summed E-state index contributed by atoms with van der Waals surface area (Å²) < 4.78 is 66.7. The summed E-state index contributed by atoms with van der Waals surface area (Å²) in [5.41, 5.74) is 5.02. The van der Waals surface area contributed by atoms with Gasteiger partial charge in [-0.05, 0) is 13.3 Å². The minimum atomic E-state index is -4.62. The van der Waals surface area contributed by atoms with E-state index in [1.807, 2.05) is 0 Å². The number of aromatic nitrogens is 2. The third-order valence-electron chi connectivity index (χ3n) is 5.17. The third-order valence-corrected chi connectivity index (χ3v) is 5.17. The highest BCUT2D eigenvalue weighted by Crippen LogP contribution is 2.34. The molecule has 1 atom stereocenters. The minimum Gasteiger partial charge on any atom is -0.336 e. The molecule has 3 heterocycles. The molecule has 1 fully saturated rings. The molecule has 2 N–H and O–H groups in total. The van der Waals surface area contributed by atoms with Crippen molar-refractivity contribution in [2.24, 2.45) is 5.73 Å². The number of hydrogen-bond acceptors (Lipinski definition) is 5. The van der Waals surface area contributed by atoms with Crippen LogP contribution in [0.15, 0.2) is 0 Å². The van der Waals surface area contributed by atoms with Gasteiger partial charge in [0.25, 0.3) is 5.92 Å². The van der Waals surface area contributed by atoms with Crippen molar-refractivity contribution >= 4 is 11.8 Å². The van der Waals surface area contributed by atoms with Gasteiger partial charge in [-0.25, -0.2) is 18.7 Å². The van der Waals surface area contributed by atoms with Crippen molar-refractivity contribution in [1.82, 2.24) is 19.8 Å². The first-order chi connectivity index (χ1) is 13.9. The summed E-state index contributed by atoms with van der Waals surface area (Å²) in [5.74, 6) is -3.91. The van der Waals surface area contributed by atoms with E-state index < -0.39 is 48.6 Å². The first-order valence-electron chi connectivity index (χ1n) is 9.48. The summed E-state index contributed by atoms with van der Waals surface area (Å²) in [4.78, 5) is 34.2. The smallest absolute Gasteiger partial charge is 0.336 e. The summed E-state index contributed by atoms with van der Waals surface area (Å²) in [6.07, 6.45) is -5.68. The van der Waals surface area contributed by atoms with Crippen LogP contribution in [0.2, 0.25) is 0 Å². The monoisotopic (exact) mass is 435 g/mol. The highest BCUT2D eigenvalue weighted by molar-refractivity contribution is 5.78. The summed E-state index contributed by atoms with van der Waals surface area (Å²) in [5, 5.41) is 0. The Labute approximate surface area is 169 Å². The Hall–Kier alpha value is -2.37. The number of fused-ring (bicyclic) bond motifs is 1. The zero-order valence-corrected chi connectivity index (χ0v) is 16.3. The van der Waals surface area contributed by atoms with Crippen molar-refractivity contribution in [2.45, 2.75) is 57.3 Å². The van der Waals surface area contributed by atoms with Crippen molar-refractivity contribution in [3.8, 4) is 0 Å². The highest BCUT2D eigenvalue weighted by Gasteiger charge is 2.40. The molecular formula is C18H22F5N5O2. The fourth-order valence-electron chi connectivity index (χ4n) is 3.76. The minimum absolute atomic E-state index is 0.0254. The van der Waals surface area contributed by atoms with E-state index in [2.05, 4.69) is 9.97 Å². The van der Waals surface area contributed by atoms with E-state index in [9.17, 15) is 31.5 Å². The first kappa shape index (κ1) is 22.3. The Balaban J connectivity index is 1.64. The number of rotatable bonds is 4. The standard InChI is InChI=1S/C18H22F5N5O2/c1-10-25-13-8-27(5-3-12(13)16(26-10)18(21,22)23)15(30)6-11(24)7-28-9-17(19,20)4-2-14(28)29/h11H,2-9,24H2,1H3/t11-/m1/s1. The second-order valence-electron chi connectivity index (χ2n) is 7.70. The van der Waals surface area contributed by atoms with Crippen LogP contribution < -0.4 is 5.73 Å². The number of halogens is 5. The van der Waals surface area contributed by atoms with Crippen LogP contribution in [0.25, 0.3) is 0 Å². The highest BCUT2D eigenvalue weighted by atomic mass is 19.4. The van der Waals surface area contributed by atoms with E-state index in [-0.39, 0.29) is 56.0 Å². The quantitative estimate of drug-likeness (QED) is 0.727. The molecule has 0 radical (unpaired) electrons. The maximum atomic E-state index is 13.5. The molecule has 1 aromatic rings. The van der Waals surface area contributed by atoms with Crippen LogP contribution in [-0.2, 0) is 28.7 Å². The average Bonchev–Trinajstić information content (AvgIpc) is 2.62. The van der Waals surface area contributed by atoms with Gasteiger partial charge in [0.1, 0.15) is 5.82 Å². The van der Waals surface area contributed by atoms with Gasteiger partial charge in [0, 0.05) is 44.0 Å². The topological polar surface area (TPSA) is 92.4 Å². The predicted octanol–water partition coefficient (Wildman–Crippen LogP) is 1.66. The molecule has 0 aliphatic carbocycles. The lowest BCUT2D eigenvalue weighted by atomic mass is 10.0. The van der Waals surface area contributed by atoms with Gasteiger partial charge >= 0.3 is 6.18 Å². The van der Waals surface area contributed by atoms with Crippen LogP contribution >= 0.6 is 0 Å². The van der Waals surface area contributed by atoms with Crippen LogP contribution in [0.3, 0.4) is 0 Å². The Morgan fingerprint density at radius 3 is 2.63 bits per heavy atom. The number of amides is 2. The number of likely N-dealkylation sites (tertiary alicyclic amines) is 1. The van der Waals surface area contributed by atoms with Crippen molar-refractivity contribution in [2.75, 3.05) is 19.6 Å². The zero-order chi connectivity index (χ0) is 22.3. The van der Waals surface area contributed by atoms with Crippen molar-refractivity contribution < 1.29 is 31.5 Å². The number of alkyl halides is 5. The van der Waals surface area contributed by atoms with Gasteiger partial charge in [-0.3, -0.25) is 9.59 Å². The van der Waals surface area contributed by atoms with Crippen LogP contribution in [0.5, 0.6) is 0 Å². The number of carbonyl (C=O) groups excluding carboxylic acids is 2. The van der Waals surface area contributed by atoms with Gasteiger partial charge in [0.15, 0.2) is 5.69 Å². The number of hydrogen-bond donors (Lipinski definition) is 1. The molecule has 0 bridgehead atoms. The van der Waals surface area contributed by atoms with Crippen molar-refractivity contribution in [3.05, 3.63) is 22.8 Å². The van der Waals surface area contributed by atoms with Crippen LogP contribution in [-0.4, -0.2) is 63.2 Å². The van der Waals surface area contributed by atoms with E-state index in [1.165, 1.54) is 11.8 Å². The van der Waals surface area contributed by atoms with Crippen LogP contribution in [0.1, 0.15) is 42.0 Å². The summed E-state index contributed by atoms with van der Waals surface area (Å²) in [7, 11) is 0. The molecule has 0 unspecified atom stereocenters. The molecule has 30 heavy (non-hydrogen) atoms. The molecular weight excluding hydrogens is 413 g/mol. The lowest BCUT2D eigenvalue weighted by molar-refractivity contribution is -0.148. The number of aryl methyl sites for hydroxylation is 1. The van der Waals surface area contributed by atoms with Gasteiger partial charge in [0.2, 0.25) is 11.8 Å². The van der Waals surface area contributed by atoms with Crippen molar-refractivity contribution in [3.63, 3.8) is 0 Å². The summed E-state index contributed by atoms with van der Waals surface area (Å²) in [6, 6.07) is -0.866. The Morgan fingerprint density at radius 1 is 1.27 bits per heavy atom. The molecule has 166 valence electrons. The zero-order valence-electron chi connectivity index (χ0n) is 16.3. The fourth-order valence-corrected chi connectivity index (χ4v) is 3.76. The molecule has 1 saturated heterocycles. The molecule has 7 nitrogen and oxygen atoms in total. The normalized spacial score (nSPS) is 20.2. The number of nitrogens with two attached hydrogens (primary N) is 1. The SMILES string of the molecule is Cc1nc2c(c(C(F)(F)F)n1)CCN(C(=O)C[C@@H](N)CN1CC(F)(F)CCC1=O)C2.